The molecule has 31 heavy (non-hydrogen) atoms. The number of pyridine rings is 1. The van der Waals surface area contributed by atoms with Crippen LogP contribution in [0.3, 0.4) is 0 Å². The van der Waals surface area contributed by atoms with Crippen molar-refractivity contribution in [3.63, 3.8) is 0 Å². The summed E-state index contributed by atoms with van der Waals surface area (Å²) in [6, 6.07) is 5.79. The number of rotatable bonds is 4. The van der Waals surface area contributed by atoms with Gasteiger partial charge in [-0.15, -0.1) is 0 Å². The van der Waals surface area contributed by atoms with Gasteiger partial charge in [0.25, 0.3) is 0 Å². The molecule has 164 valence electrons. The smallest absolute Gasteiger partial charge is 0.151 e. The SMILES string of the molecule is C1CCNCC1.NNC(=Nc1cccc(F)c1CF)c1cc(-c2cn[nH]c2)cnc1N. The molecule has 1 saturated heterocycles. The van der Waals surface area contributed by atoms with E-state index in [1.807, 2.05) is 0 Å². The summed E-state index contributed by atoms with van der Waals surface area (Å²) in [5.74, 6) is 5.17. The first-order chi connectivity index (χ1) is 15.1. The highest BCUT2D eigenvalue weighted by Crippen LogP contribution is 2.26. The first kappa shape index (κ1) is 22.3. The Labute approximate surface area is 179 Å². The van der Waals surface area contributed by atoms with Crippen LogP contribution >= 0.6 is 0 Å². The molecule has 0 bridgehead atoms. The van der Waals surface area contributed by atoms with Crippen LogP contribution in [0.25, 0.3) is 11.1 Å². The molecule has 0 unspecified atom stereocenters. The highest BCUT2D eigenvalue weighted by molar-refractivity contribution is 6.04. The predicted molar refractivity (Wildman–Crippen MR) is 118 cm³/mol. The van der Waals surface area contributed by atoms with Crippen LogP contribution in [0.5, 0.6) is 0 Å². The molecular formula is C21H26F2N8. The molecule has 1 aromatic carbocycles. The Balaban J connectivity index is 0.000000391. The third kappa shape index (κ3) is 5.83. The summed E-state index contributed by atoms with van der Waals surface area (Å²) in [5.41, 5.74) is 10.2. The molecule has 7 N–H and O–H groups in total. The molecule has 0 saturated carbocycles. The van der Waals surface area contributed by atoms with Gasteiger partial charge in [-0.25, -0.2) is 24.6 Å². The molecule has 4 rings (SSSR count). The lowest BCUT2D eigenvalue weighted by atomic mass is 10.1. The van der Waals surface area contributed by atoms with E-state index in [9.17, 15) is 8.78 Å². The number of hydrogen-bond donors (Lipinski definition) is 5. The Morgan fingerprint density at radius 3 is 2.55 bits per heavy atom. The van der Waals surface area contributed by atoms with Crippen molar-refractivity contribution in [1.29, 1.82) is 0 Å². The minimum absolute atomic E-state index is 0.114. The van der Waals surface area contributed by atoms with Gasteiger partial charge in [-0.2, -0.15) is 5.10 Å². The minimum atomic E-state index is -0.994. The van der Waals surface area contributed by atoms with Crippen molar-refractivity contribution >= 4 is 17.3 Å². The van der Waals surface area contributed by atoms with Gasteiger partial charge in [0, 0.05) is 29.1 Å². The second-order valence-electron chi connectivity index (χ2n) is 6.93. The normalized spacial score (nSPS) is 14.0. The molecule has 1 fully saturated rings. The van der Waals surface area contributed by atoms with E-state index in [0.29, 0.717) is 5.56 Å². The first-order valence-electron chi connectivity index (χ1n) is 9.98. The van der Waals surface area contributed by atoms with Crippen molar-refractivity contribution in [2.45, 2.75) is 25.9 Å². The van der Waals surface area contributed by atoms with Gasteiger partial charge in [-0.05, 0) is 44.1 Å². The number of nitrogens with two attached hydrogens (primary N) is 2. The Morgan fingerprint density at radius 2 is 1.97 bits per heavy atom. The molecule has 0 atom stereocenters. The monoisotopic (exact) mass is 428 g/mol. The summed E-state index contributed by atoms with van der Waals surface area (Å²) < 4.78 is 26.9. The van der Waals surface area contributed by atoms with E-state index in [0.717, 1.165) is 11.1 Å². The van der Waals surface area contributed by atoms with Crippen LogP contribution in [0.4, 0.5) is 20.3 Å². The molecule has 0 amide bonds. The van der Waals surface area contributed by atoms with Gasteiger partial charge in [-0.1, -0.05) is 12.5 Å². The largest absolute Gasteiger partial charge is 0.383 e. The Hall–Kier alpha value is -3.37. The lowest BCUT2D eigenvalue weighted by Gasteiger charge is -2.11. The number of piperidine rings is 1. The number of H-pyrrole nitrogens is 1. The molecule has 0 radical (unpaired) electrons. The molecule has 3 heterocycles. The summed E-state index contributed by atoms with van der Waals surface area (Å²) >= 11 is 0. The van der Waals surface area contributed by atoms with Crippen LogP contribution in [-0.4, -0.2) is 34.1 Å². The van der Waals surface area contributed by atoms with Crippen LogP contribution in [-0.2, 0) is 6.67 Å². The predicted octanol–water partition coefficient (Wildman–Crippen LogP) is 2.96. The van der Waals surface area contributed by atoms with E-state index in [2.05, 4.69) is 30.9 Å². The van der Waals surface area contributed by atoms with Crippen molar-refractivity contribution in [2.24, 2.45) is 10.8 Å². The number of amidine groups is 1. The fourth-order valence-electron chi connectivity index (χ4n) is 3.11. The standard InChI is InChI=1S/C16H15F2N7.C5H11N/c17-5-12-13(18)2-1-3-14(12)24-16(25-20)11-4-9(6-21-15(11)19)10-7-22-23-8-10;1-2-4-6-5-3-1/h1-4,6-8H,5,20H2,(H2,19,21)(H,22,23)(H,24,25);6H,1-5H2. The quantitative estimate of drug-likeness (QED) is 0.188. The number of halogens is 2. The van der Waals surface area contributed by atoms with Gasteiger partial charge in [0.15, 0.2) is 5.84 Å². The summed E-state index contributed by atoms with van der Waals surface area (Å²) in [5, 5.41) is 9.87. The van der Waals surface area contributed by atoms with Gasteiger partial charge < -0.3 is 16.5 Å². The van der Waals surface area contributed by atoms with Crippen molar-refractivity contribution in [2.75, 3.05) is 18.8 Å². The van der Waals surface area contributed by atoms with Crippen LogP contribution < -0.4 is 22.3 Å². The van der Waals surface area contributed by atoms with Gasteiger partial charge in [0.1, 0.15) is 18.3 Å². The maximum absolute atomic E-state index is 13.7. The lowest BCUT2D eigenvalue weighted by Crippen LogP contribution is -2.31. The molecule has 0 aliphatic carbocycles. The van der Waals surface area contributed by atoms with Gasteiger partial charge >= 0.3 is 0 Å². The fourth-order valence-corrected chi connectivity index (χ4v) is 3.11. The van der Waals surface area contributed by atoms with Crippen molar-refractivity contribution in [3.8, 4) is 11.1 Å². The number of hydrogen-bond acceptors (Lipinski definition) is 6. The third-order valence-corrected chi connectivity index (χ3v) is 4.81. The van der Waals surface area contributed by atoms with Crippen LogP contribution in [0.1, 0.15) is 30.4 Å². The first-order valence-corrected chi connectivity index (χ1v) is 9.98. The van der Waals surface area contributed by atoms with Gasteiger partial charge in [0.05, 0.1) is 17.4 Å². The average Bonchev–Trinajstić information content (AvgIpc) is 3.35. The summed E-state index contributed by atoms with van der Waals surface area (Å²) in [6.45, 7) is 1.51. The highest BCUT2D eigenvalue weighted by atomic mass is 19.1. The van der Waals surface area contributed by atoms with E-state index in [-0.39, 0.29) is 22.9 Å². The Kier molecular flexibility index (Phi) is 8.02. The number of benzene rings is 1. The van der Waals surface area contributed by atoms with E-state index in [4.69, 9.17) is 11.6 Å². The zero-order valence-electron chi connectivity index (χ0n) is 17.0. The lowest BCUT2D eigenvalue weighted by molar-refractivity contribution is 0.465. The zero-order chi connectivity index (χ0) is 22.1. The third-order valence-electron chi connectivity index (χ3n) is 4.81. The topological polar surface area (TPSA) is 130 Å². The number of alkyl halides is 1. The Bertz CT molecular complexity index is 989. The number of nitrogen functional groups attached to an aromatic ring is 1. The van der Waals surface area contributed by atoms with Crippen molar-refractivity contribution in [3.05, 3.63) is 59.8 Å². The number of aliphatic imine (C=N–C) groups is 1. The van der Waals surface area contributed by atoms with Crippen LogP contribution in [0, 0.1) is 5.82 Å². The number of aromatic amines is 1. The molecule has 10 heteroatoms. The molecule has 0 spiro atoms. The molecule has 2 aromatic heterocycles. The van der Waals surface area contributed by atoms with Crippen molar-refractivity contribution in [1.82, 2.24) is 25.9 Å². The number of nitrogens with zero attached hydrogens (tertiary/aromatic N) is 3. The highest BCUT2D eigenvalue weighted by Gasteiger charge is 2.13. The van der Waals surface area contributed by atoms with Gasteiger partial charge in [0.2, 0.25) is 0 Å². The fraction of sp³-hybridized carbons (Fsp3) is 0.286. The number of aromatic nitrogens is 3. The molecular weight excluding hydrogens is 402 g/mol. The minimum Gasteiger partial charge on any atom is -0.383 e. The second-order valence-corrected chi connectivity index (χ2v) is 6.93. The van der Waals surface area contributed by atoms with Crippen molar-refractivity contribution < 1.29 is 8.78 Å². The number of nitrogens with one attached hydrogen (secondary N) is 3. The second kappa shape index (κ2) is 11.1. The Morgan fingerprint density at radius 1 is 1.16 bits per heavy atom. The molecule has 1 aliphatic heterocycles. The van der Waals surface area contributed by atoms with E-state index < -0.39 is 12.5 Å². The summed E-state index contributed by atoms with van der Waals surface area (Å²) in [4.78, 5) is 8.34. The van der Waals surface area contributed by atoms with E-state index in [1.54, 1.807) is 24.7 Å². The maximum atomic E-state index is 13.7. The molecule has 1 aliphatic rings. The van der Waals surface area contributed by atoms with E-state index >= 15 is 0 Å². The van der Waals surface area contributed by atoms with E-state index in [1.165, 1.54) is 50.6 Å². The van der Waals surface area contributed by atoms with Crippen LogP contribution in [0.15, 0.2) is 47.8 Å². The summed E-state index contributed by atoms with van der Waals surface area (Å²) in [6.07, 6.45) is 9.11. The summed E-state index contributed by atoms with van der Waals surface area (Å²) in [7, 11) is 0. The number of hydrazine groups is 1. The van der Waals surface area contributed by atoms with Crippen LogP contribution in [0.2, 0.25) is 0 Å². The zero-order valence-corrected chi connectivity index (χ0v) is 17.0. The number of anilines is 1. The average molecular weight is 428 g/mol. The molecule has 3 aromatic rings. The molecule has 8 nitrogen and oxygen atoms in total. The maximum Gasteiger partial charge on any atom is 0.151 e. The van der Waals surface area contributed by atoms with Gasteiger partial charge in [-0.3, -0.25) is 5.10 Å².